The smallest absolute Gasteiger partial charge is 0.155 e. The molecule has 92 valence electrons. The SMILES string of the molecule is CCCC(=O)/C=C/[C@H]1[C@H](C)CCCC1(C)C. The third-order valence-electron chi connectivity index (χ3n) is 3.98. The van der Waals surface area contributed by atoms with E-state index in [9.17, 15) is 4.79 Å². The zero-order valence-corrected chi connectivity index (χ0v) is 11.3. The molecule has 1 aliphatic carbocycles. The predicted molar refractivity (Wildman–Crippen MR) is 69.3 cm³/mol. The highest BCUT2D eigenvalue weighted by atomic mass is 16.1. The summed E-state index contributed by atoms with van der Waals surface area (Å²) in [6.45, 7) is 9.04. The van der Waals surface area contributed by atoms with Crippen LogP contribution in [0, 0.1) is 17.3 Å². The van der Waals surface area contributed by atoms with Gasteiger partial charge in [-0.1, -0.05) is 46.6 Å². The average molecular weight is 222 g/mol. The van der Waals surface area contributed by atoms with Crippen molar-refractivity contribution in [2.45, 2.75) is 59.8 Å². The second-order valence-electron chi connectivity index (χ2n) is 5.96. The van der Waals surface area contributed by atoms with Gasteiger partial charge < -0.3 is 0 Å². The predicted octanol–water partition coefficient (Wildman–Crippen LogP) is 4.37. The number of hydrogen-bond acceptors (Lipinski definition) is 1. The fourth-order valence-electron chi connectivity index (χ4n) is 2.99. The highest BCUT2D eigenvalue weighted by Crippen LogP contribution is 2.44. The summed E-state index contributed by atoms with van der Waals surface area (Å²) in [7, 11) is 0. The average Bonchev–Trinajstić information content (AvgIpc) is 2.16. The molecule has 2 atom stereocenters. The summed E-state index contributed by atoms with van der Waals surface area (Å²) in [6, 6.07) is 0. The maximum atomic E-state index is 11.5. The van der Waals surface area contributed by atoms with Crippen molar-refractivity contribution in [2.24, 2.45) is 17.3 Å². The van der Waals surface area contributed by atoms with Crippen LogP contribution in [0.5, 0.6) is 0 Å². The lowest BCUT2D eigenvalue weighted by Crippen LogP contribution is -2.32. The zero-order valence-electron chi connectivity index (χ0n) is 11.3. The number of carbonyl (C=O) groups is 1. The number of hydrogen-bond donors (Lipinski definition) is 0. The molecule has 0 aliphatic heterocycles. The Bertz CT molecular complexity index is 263. The molecule has 0 aromatic rings. The van der Waals surface area contributed by atoms with E-state index in [-0.39, 0.29) is 5.78 Å². The van der Waals surface area contributed by atoms with Crippen LogP contribution >= 0.6 is 0 Å². The van der Waals surface area contributed by atoms with Crippen LogP contribution in [-0.4, -0.2) is 5.78 Å². The van der Waals surface area contributed by atoms with Gasteiger partial charge in [-0.05, 0) is 36.2 Å². The number of rotatable bonds is 4. The molecule has 1 saturated carbocycles. The molecule has 0 radical (unpaired) electrons. The normalized spacial score (nSPS) is 29.5. The van der Waals surface area contributed by atoms with Crippen molar-refractivity contribution >= 4 is 5.78 Å². The Balaban J connectivity index is 2.65. The van der Waals surface area contributed by atoms with Crippen LogP contribution in [0.4, 0.5) is 0 Å². The second kappa shape index (κ2) is 5.65. The maximum absolute atomic E-state index is 11.5. The van der Waals surface area contributed by atoms with Crippen LogP contribution in [0.1, 0.15) is 59.8 Å². The standard InChI is InChI=1S/C15H26O/c1-5-7-13(16)9-10-14-12(2)8-6-11-15(14,3)4/h9-10,12,14H,5-8,11H2,1-4H3/b10-9+/t12-,14+/m1/s1. The van der Waals surface area contributed by atoms with E-state index in [1.807, 2.05) is 6.08 Å². The number of carbonyl (C=O) groups excluding carboxylic acids is 1. The molecule has 1 aliphatic rings. The molecule has 0 heterocycles. The summed E-state index contributed by atoms with van der Waals surface area (Å²) >= 11 is 0. The first kappa shape index (κ1) is 13.5. The number of ketones is 1. The third kappa shape index (κ3) is 3.47. The van der Waals surface area contributed by atoms with Gasteiger partial charge in [-0.2, -0.15) is 0 Å². The summed E-state index contributed by atoms with van der Waals surface area (Å²) in [5, 5.41) is 0. The van der Waals surface area contributed by atoms with E-state index in [0.717, 1.165) is 12.3 Å². The minimum Gasteiger partial charge on any atom is -0.295 e. The van der Waals surface area contributed by atoms with Crippen molar-refractivity contribution in [1.82, 2.24) is 0 Å². The molecule has 16 heavy (non-hydrogen) atoms. The lowest BCUT2D eigenvalue weighted by atomic mass is 9.64. The molecule has 0 N–H and O–H groups in total. The van der Waals surface area contributed by atoms with Crippen LogP contribution in [0.15, 0.2) is 12.2 Å². The summed E-state index contributed by atoms with van der Waals surface area (Å²) in [5.41, 5.74) is 0.362. The maximum Gasteiger partial charge on any atom is 0.155 e. The minimum absolute atomic E-state index is 0.288. The van der Waals surface area contributed by atoms with Crippen molar-refractivity contribution in [3.8, 4) is 0 Å². The largest absolute Gasteiger partial charge is 0.295 e. The summed E-state index contributed by atoms with van der Waals surface area (Å²) in [4.78, 5) is 11.5. The Labute approximate surface area is 100 Å². The van der Waals surface area contributed by atoms with Crippen LogP contribution < -0.4 is 0 Å². The molecule has 0 unspecified atom stereocenters. The van der Waals surface area contributed by atoms with Crippen LogP contribution in [0.25, 0.3) is 0 Å². The highest BCUT2D eigenvalue weighted by Gasteiger charge is 2.34. The fraction of sp³-hybridized carbons (Fsp3) is 0.800. The molecule has 1 nitrogen and oxygen atoms in total. The van der Waals surface area contributed by atoms with Gasteiger partial charge in [0.1, 0.15) is 0 Å². The first-order valence-electron chi connectivity index (χ1n) is 6.68. The fourth-order valence-corrected chi connectivity index (χ4v) is 2.99. The molecule has 1 heteroatoms. The molecular weight excluding hydrogens is 196 g/mol. The molecule has 0 saturated heterocycles. The molecule has 0 bridgehead atoms. The van der Waals surface area contributed by atoms with Crippen LogP contribution in [0.3, 0.4) is 0 Å². The van der Waals surface area contributed by atoms with E-state index in [2.05, 4.69) is 33.8 Å². The van der Waals surface area contributed by atoms with Gasteiger partial charge >= 0.3 is 0 Å². The first-order valence-corrected chi connectivity index (χ1v) is 6.68. The Morgan fingerprint density at radius 3 is 2.69 bits per heavy atom. The van der Waals surface area contributed by atoms with Crippen molar-refractivity contribution < 1.29 is 4.79 Å². The minimum atomic E-state index is 0.288. The first-order chi connectivity index (χ1) is 7.47. The molecular formula is C15H26O. The van der Waals surface area contributed by atoms with Crippen molar-refractivity contribution in [1.29, 1.82) is 0 Å². The molecule has 1 fully saturated rings. The van der Waals surface area contributed by atoms with Crippen molar-refractivity contribution in [3.05, 3.63) is 12.2 Å². The zero-order chi connectivity index (χ0) is 12.2. The van der Waals surface area contributed by atoms with Gasteiger partial charge in [0, 0.05) is 6.42 Å². The molecule has 0 aromatic heterocycles. The van der Waals surface area contributed by atoms with Gasteiger partial charge in [0.25, 0.3) is 0 Å². The number of allylic oxidation sites excluding steroid dienone is 2. The lowest BCUT2D eigenvalue weighted by molar-refractivity contribution is -0.114. The third-order valence-corrected chi connectivity index (χ3v) is 3.98. The van der Waals surface area contributed by atoms with E-state index < -0.39 is 0 Å². The van der Waals surface area contributed by atoms with E-state index in [1.165, 1.54) is 19.3 Å². The Morgan fingerprint density at radius 2 is 2.12 bits per heavy atom. The van der Waals surface area contributed by atoms with Gasteiger partial charge in [0.05, 0.1) is 0 Å². The topological polar surface area (TPSA) is 17.1 Å². The monoisotopic (exact) mass is 222 g/mol. The van der Waals surface area contributed by atoms with E-state index in [4.69, 9.17) is 0 Å². The second-order valence-corrected chi connectivity index (χ2v) is 5.96. The Hall–Kier alpha value is -0.590. The van der Waals surface area contributed by atoms with E-state index in [1.54, 1.807) is 0 Å². The van der Waals surface area contributed by atoms with Gasteiger partial charge in [0.2, 0.25) is 0 Å². The quantitative estimate of drug-likeness (QED) is 0.645. The van der Waals surface area contributed by atoms with Crippen LogP contribution in [0.2, 0.25) is 0 Å². The Kier molecular flexibility index (Phi) is 4.76. The molecule has 0 spiro atoms. The van der Waals surface area contributed by atoms with Gasteiger partial charge in [0.15, 0.2) is 5.78 Å². The van der Waals surface area contributed by atoms with Gasteiger partial charge in [-0.15, -0.1) is 0 Å². The van der Waals surface area contributed by atoms with Crippen LogP contribution in [-0.2, 0) is 4.79 Å². The lowest BCUT2D eigenvalue weighted by Gasteiger charge is -2.41. The summed E-state index contributed by atoms with van der Waals surface area (Å²) in [5.74, 6) is 1.58. The van der Waals surface area contributed by atoms with Crippen molar-refractivity contribution in [3.63, 3.8) is 0 Å². The van der Waals surface area contributed by atoms with E-state index in [0.29, 0.717) is 17.8 Å². The van der Waals surface area contributed by atoms with Crippen molar-refractivity contribution in [2.75, 3.05) is 0 Å². The molecule has 0 aromatic carbocycles. The summed E-state index contributed by atoms with van der Waals surface area (Å²) < 4.78 is 0. The molecule has 1 rings (SSSR count). The van der Waals surface area contributed by atoms with E-state index >= 15 is 0 Å². The highest BCUT2D eigenvalue weighted by molar-refractivity contribution is 5.89. The summed E-state index contributed by atoms with van der Waals surface area (Å²) in [6.07, 6.45) is 9.58. The molecule has 0 amide bonds. The van der Waals surface area contributed by atoms with Gasteiger partial charge in [-0.25, -0.2) is 0 Å². The Morgan fingerprint density at radius 1 is 1.44 bits per heavy atom. The van der Waals surface area contributed by atoms with Gasteiger partial charge in [-0.3, -0.25) is 4.79 Å².